The summed E-state index contributed by atoms with van der Waals surface area (Å²) in [4.78, 5) is 5.78. The standard InChI is InChI=1S/C26H33NO2/c1-5-28-18-12-8-6-7-9-13-20-16-17-22-21-14-10-11-15-23(21)25(24(22)19-20)27-29-26(2,3)4/h9-11,13-17,19H,5-8,12,18H2,1-4H3/b13-9+,27-25+. The van der Waals surface area contributed by atoms with Gasteiger partial charge in [-0.25, -0.2) is 0 Å². The molecule has 0 spiro atoms. The predicted octanol–water partition coefficient (Wildman–Crippen LogP) is 6.84. The summed E-state index contributed by atoms with van der Waals surface area (Å²) in [5.74, 6) is 0. The molecule has 0 aromatic heterocycles. The van der Waals surface area contributed by atoms with Crippen LogP contribution in [0.4, 0.5) is 0 Å². The summed E-state index contributed by atoms with van der Waals surface area (Å²) in [7, 11) is 0. The predicted molar refractivity (Wildman–Crippen MR) is 122 cm³/mol. The monoisotopic (exact) mass is 391 g/mol. The van der Waals surface area contributed by atoms with E-state index in [1.54, 1.807) is 0 Å². The maximum absolute atomic E-state index is 5.78. The van der Waals surface area contributed by atoms with Gasteiger partial charge in [0.05, 0.1) is 0 Å². The Bertz CT molecular complexity index is 875. The van der Waals surface area contributed by atoms with Gasteiger partial charge in [-0.15, -0.1) is 0 Å². The van der Waals surface area contributed by atoms with Crippen LogP contribution in [0.3, 0.4) is 0 Å². The molecular weight excluding hydrogens is 358 g/mol. The SMILES string of the molecule is CCOCCCCC/C=C/c1ccc2c(c1)/C(=N/OC(C)(C)C)c1ccccc1-2. The first kappa shape index (κ1) is 21.3. The number of fused-ring (bicyclic) bond motifs is 3. The number of rotatable bonds is 9. The fourth-order valence-electron chi connectivity index (χ4n) is 3.45. The number of hydrogen-bond acceptors (Lipinski definition) is 3. The zero-order chi connectivity index (χ0) is 20.7. The normalized spacial score (nSPS) is 14.4. The van der Waals surface area contributed by atoms with Gasteiger partial charge in [0.1, 0.15) is 11.3 Å². The number of nitrogens with zero attached hydrogens (tertiary/aromatic N) is 1. The smallest absolute Gasteiger partial charge is 0.129 e. The van der Waals surface area contributed by atoms with E-state index in [2.05, 4.69) is 59.8 Å². The quantitative estimate of drug-likeness (QED) is 0.295. The first-order valence-electron chi connectivity index (χ1n) is 10.7. The Labute approximate surface area is 175 Å². The lowest BCUT2D eigenvalue weighted by Gasteiger charge is -2.16. The molecule has 0 radical (unpaired) electrons. The topological polar surface area (TPSA) is 30.8 Å². The van der Waals surface area contributed by atoms with Crippen molar-refractivity contribution in [2.75, 3.05) is 13.2 Å². The summed E-state index contributed by atoms with van der Waals surface area (Å²) in [6.45, 7) is 9.80. The van der Waals surface area contributed by atoms with Gasteiger partial charge in [0.25, 0.3) is 0 Å². The van der Waals surface area contributed by atoms with E-state index in [-0.39, 0.29) is 5.60 Å². The van der Waals surface area contributed by atoms with Gasteiger partial charge in [-0.1, -0.05) is 60.1 Å². The number of hydrogen-bond donors (Lipinski definition) is 0. The van der Waals surface area contributed by atoms with Crippen molar-refractivity contribution in [2.24, 2.45) is 5.16 Å². The van der Waals surface area contributed by atoms with Crippen molar-refractivity contribution < 1.29 is 9.57 Å². The molecule has 0 fully saturated rings. The minimum absolute atomic E-state index is 0.315. The molecule has 2 aromatic rings. The first-order valence-corrected chi connectivity index (χ1v) is 10.7. The van der Waals surface area contributed by atoms with Crippen molar-refractivity contribution in [3.63, 3.8) is 0 Å². The number of ether oxygens (including phenoxy) is 1. The molecule has 0 unspecified atom stereocenters. The fraction of sp³-hybridized carbons (Fsp3) is 0.423. The average Bonchev–Trinajstić information content (AvgIpc) is 3.01. The van der Waals surface area contributed by atoms with Crippen molar-refractivity contribution >= 4 is 11.8 Å². The summed E-state index contributed by atoms with van der Waals surface area (Å²) >= 11 is 0. The molecule has 0 N–H and O–H groups in total. The van der Waals surface area contributed by atoms with Crippen LogP contribution in [0.25, 0.3) is 17.2 Å². The Morgan fingerprint density at radius 2 is 1.66 bits per heavy atom. The molecule has 2 aromatic carbocycles. The van der Waals surface area contributed by atoms with Crippen molar-refractivity contribution in [1.82, 2.24) is 0 Å². The number of benzene rings is 2. The second-order valence-corrected chi connectivity index (χ2v) is 8.44. The minimum atomic E-state index is -0.315. The summed E-state index contributed by atoms with van der Waals surface area (Å²) in [5, 5.41) is 4.54. The number of oxime groups is 1. The van der Waals surface area contributed by atoms with Gasteiger partial charge in [0.15, 0.2) is 0 Å². The van der Waals surface area contributed by atoms with Crippen LogP contribution >= 0.6 is 0 Å². The zero-order valence-corrected chi connectivity index (χ0v) is 18.2. The van der Waals surface area contributed by atoms with Crippen LogP contribution in [0.5, 0.6) is 0 Å². The zero-order valence-electron chi connectivity index (χ0n) is 18.2. The van der Waals surface area contributed by atoms with Crippen molar-refractivity contribution in [3.8, 4) is 11.1 Å². The average molecular weight is 392 g/mol. The van der Waals surface area contributed by atoms with E-state index in [1.807, 2.05) is 27.7 Å². The first-order chi connectivity index (χ1) is 14.0. The van der Waals surface area contributed by atoms with E-state index in [0.717, 1.165) is 42.9 Å². The van der Waals surface area contributed by atoms with E-state index < -0.39 is 0 Å². The molecular formula is C26H33NO2. The summed E-state index contributed by atoms with van der Waals surface area (Å²) in [5.41, 5.74) is 6.56. The largest absolute Gasteiger partial charge is 0.390 e. The molecule has 29 heavy (non-hydrogen) atoms. The summed E-state index contributed by atoms with van der Waals surface area (Å²) in [6.07, 6.45) is 9.14. The highest BCUT2D eigenvalue weighted by molar-refractivity contribution is 6.24. The molecule has 0 saturated carbocycles. The Morgan fingerprint density at radius 3 is 2.41 bits per heavy atom. The summed E-state index contributed by atoms with van der Waals surface area (Å²) in [6, 6.07) is 15.0. The number of allylic oxidation sites excluding steroid dienone is 1. The molecule has 0 heterocycles. The molecule has 0 aliphatic heterocycles. The van der Waals surface area contributed by atoms with Crippen LogP contribution in [0.15, 0.2) is 53.7 Å². The lowest BCUT2D eigenvalue weighted by molar-refractivity contribution is 0.00121. The van der Waals surface area contributed by atoms with Gasteiger partial charge in [-0.3, -0.25) is 0 Å². The highest BCUT2D eigenvalue weighted by Gasteiger charge is 2.26. The van der Waals surface area contributed by atoms with Crippen molar-refractivity contribution in [3.05, 3.63) is 65.2 Å². The highest BCUT2D eigenvalue weighted by atomic mass is 16.6. The van der Waals surface area contributed by atoms with Crippen LogP contribution < -0.4 is 0 Å². The van der Waals surface area contributed by atoms with Gasteiger partial charge in [-0.05, 0) is 69.7 Å². The molecule has 3 rings (SSSR count). The van der Waals surface area contributed by atoms with Crippen molar-refractivity contribution in [2.45, 2.75) is 59.0 Å². The lowest BCUT2D eigenvalue weighted by Crippen LogP contribution is -2.17. The third-order valence-corrected chi connectivity index (χ3v) is 4.86. The molecule has 0 bridgehead atoms. The molecule has 1 aliphatic carbocycles. The van der Waals surface area contributed by atoms with Gasteiger partial charge in [-0.2, -0.15) is 0 Å². The van der Waals surface area contributed by atoms with E-state index in [4.69, 9.17) is 9.57 Å². The van der Waals surface area contributed by atoms with E-state index in [0.29, 0.717) is 0 Å². The third kappa shape index (κ3) is 5.80. The van der Waals surface area contributed by atoms with Gasteiger partial charge in [0, 0.05) is 24.3 Å². The van der Waals surface area contributed by atoms with Crippen LogP contribution in [0.2, 0.25) is 0 Å². The Hall–Kier alpha value is -2.39. The third-order valence-electron chi connectivity index (χ3n) is 4.86. The van der Waals surface area contributed by atoms with Crippen molar-refractivity contribution in [1.29, 1.82) is 0 Å². The van der Waals surface area contributed by atoms with Crippen LogP contribution in [0.1, 0.15) is 70.1 Å². The Kier molecular flexibility index (Phi) is 7.27. The van der Waals surface area contributed by atoms with E-state index in [9.17, 15) is 0 Å². The van der Waals surface area contributed by atoms with Gasteiger partial charge in [0.2, 0.25) is 0 Å². The fourth-order valence-corrected chi connectivity index (χ4v) is 3.45. The molecule has 3 heteroatoms. The van der Waals surface area contributed by atoms with Crippen LogP contribution in [0, 0.1) is 0 Å². The second-order valence-electron chi connectivity index (χ2n) is 8.44. The summed E-state index contributed by atoms with van der Waals surface area (Å²) < 4.78 is 5.39. The highest BCUT2D eigenvalue weighted by Crippen LogP contribution is 2.37. The molecule has 0 atom stereocenters. The van der Waals surface area contributed by atoms with Gasteiger partial charge < -0.3 is 9.57 Å². The Morgan fingerprint density at radius 1 is 0.897 bits per heavy atom. The molecule has 154 valence electrons. The maximum atomic E-state index is 5.78. The Balaban J connectivity index is 1.72. The molecule has 3 nitrogen and oxygen atoms in total. The minimum Gasteiger partial charge on any atom is -0.390 e. The van der Waals surface area contributed by atoms with Crippen LogP contribution in [-0.4, -0.2) is 24.5 Å². The van der Waals surface area contributed by atoms with Crippen LogP contribution in [-0.2, 0) is 9.57 Å². The van der Waals surface area contributed by atoms with Gasteiger partial charge >= 0.3 is 0 Å². The van der Waals surface area contributed by atoms with E-state index in [1.165, 1.54) is 29.5 Å². The van der Waals surface area contributed by atoms with E-state index >= 15 is 0 Å². The molecule has 0 amide bonds. The number of unbranched alkanes of at least 4 members (excludes halogenated alkanes) is 3. The second kappa shape index (κ2) is 9.89. The maximum Gasteiger partial charge on any atom is 0.129 e. The lowest BCUT2D eigenvalue weighted by atomic mass is 10.0. The molecule has 1 aliphatic rings. The molecule has 0 saturated heterocycles.